The van der Waals surface area contributed by atoms with Gasteiger partial charge in [-0.1, -0.05) is 30.3 Å². The predicted molar refractivity (Wildman–Crippen MR) is 113 cm³/mol. The van der Waals surface area contributed by atoms with Crippen LogP contribution in [0.25, 0.3) is 0 Å². The summed E-state index contributed by atoms with van der Waals surface area (Å²) in [5.41, 5.74) is 1.86. The van der Waals surface area contributed by atoms with Gasteiger partial charge in [0.25, 0.3) is 5.91 Å². The number of carbonyl (C=O) groups excluding carboxylic acids is 2. The van der Waals surface area contributed by atoms with Gasteiger partial charge in [0, 0.05) is 16.8 Å². The van der Waals surface area contributed by atoms with Gasteiger partial charge in [0.05, 0.1) is 24.8 Å². The average molecular weight is 404 g/mol. The maximum absolute atomic E-state index is 12.4. The second-order valence-electron chi connectivity index (χ2n) is 6.42. The number of ether oxygens (including phenoxy) is 1. The van der Waals surface area contributed by atoms with Crippen molar-refractivity contribution in [3.8, 4) is 5.75 Å². The maximum Gasteiger partial charge on any atom is 0.337 e. The second-order valence-corrected chi connectivity index (χ2v) is 6.42. The van der Waals surface area contributed by atoms with Crippen molar-refractivity contribution in [2.24, 2.45) is 0 Å². The second kappa shape index (κ2) is 9.38. The molecule has 0 heterocycles. The van der Waals surface area contributed by atoms with Crippen LogP contribution in [0.3, 0.4) is 0 Å². The third-order valence-corrected chi connectivity index (χ3v) is 4.38. The molecule has 30 heavy (non-hydrogen) atoms. The summed E-state index contributed by atoms with van der Waals surface area (Å²) in [7, 11) is 1.55. The lowest BCUT2D eigenvalue weighted by atomic mass is 10.1. The average Bonchev–Trinajstić information content (AvgIpc) is 2.74. The molecule has 0 bridgehead atoms. The van der Waals surface area contributed by atoms with E-state index in [2.05, 4.69) is 10.6 Å². The minimum atomic E-state index is -1.13. The van der Waals surface area contributed by atoms with Crippen molar-refractivity contribution < 1.29 is 24.2 Å². The summed E-state index contributed by atoms with van der Waals surface area (Å²) in [5, 5.41) is 14.6. The van der Waals surface area contributed by atoms with E-state index < -0.39 is 11.9 Å². The molecule has 0 atom stereocenters. The standard InChI is InChI=1S/C23H20N2O5/c1-30-20-9-5-2-6-16(20)14-21(26)24-17-12-10-15(11-13-17)22(27)25-19-8-4-3-7-18(19)23(28)29/h2-13H,14H2,1H3,(H,24,26)(H,25,27)(H,28,29). The van der Waals surface area contributed by atoms with Crippen molar-refractivity contribution in [2.45, 2.75) is 6.42 Å². The molecular formula is C23H20N2O5. The highest BCUT2D eigenvalue weighted by atomic mass is 16.5. The fourth-order valence-electron chi connectivity index (χ4n) is 2.91. The normalized spacial score (nSPS) is 10.2. The summed E-state index contributed by atoms with van der Waals surface area (Å²) < 4.78 is 5.25. The van der Waals surface area contributed by atoms with Crippen LogP contribution in [0.4, 0.5) is 11.4 Å². The molecule has 3 aromatic rings. The lowest BCUT2D eigenvalue weighted by Crippen LogP contribution is -2.16. The van der Waals surface area contributed by atoms with Gasteiger partial charge in [-0.2, -0.15) is 0 Å². The van der Waals surface area contributed by atoms with E-state index >= 15 is 0 Å². The van der Waals surface area contributed by atoms with E-state index in [1.807, 2.05) is 18.2 Å². The SMILES string of the molecule is COc1ccccc1CC(=O)Nc1ccc(C(=O)Nc2ccccc2C(=O)O)cc1. The Morgan fingerprint density at radius 1 is 0.867 bits per heavy atom. The first kappa shape index (κ1) is 20.6. The third kappa shape index (κ3) is 5.02. The molecule has 0 aliphatic carbocycles. The van der Waals surface area contributed by atoms with E-state index in [1.165, 1.54) is 12.1 Å². The van der Waals surface area contributed by atoms with Crippen molar-refractivity contribution >= 4 is 29.2 Å². The summed E-state index contributed by atoms with van der Waals surface area (Å²) in [5.74, 6) is -1.15. The predicted octanol–water partition coefficient (Wildman–Crippen LogP) is 3.83. The van der Waals surface area contributed by atoms with Gasteiger partial charge in [0.2, 0.25) is 5.91 Å². The summed E-state index contributed by atoms with van der Waals surface area (Å²) >= 11 is 0. The van der Waals surface area contributed by atoms with Crippen LogP contribution in [0.2, 0.25) is 0 Å². The molecule has 0 spiro atoms. The molecule has 0 fully saturated rings. The molecule has 3 rings (SSSR count). The van der Waals surface area contributed by atoms with Crippen LogP contribution in [0.15, 0.2) is 72.8 Å². The molecule has 0 aliphatic rings. The number of carboxylic acid groups (broad SMARTS) is 1. The Labute approximate surface area is 173 Å². The molecule has 7 heteroatoms. The first-order valence-electron chi connectivity index (χ1n) is 9.13. The largest absolute Gasteiger partial charge is 0.496 e. The lowest BCUT2D eigenvalue weighted by Gasteiger charge is -2.10. The van der Waals surface area contributed by atoms with Crippen LogP contribution >= 0.6 is 0 Å². The van der Waals surface area contributed by atoms with Gasteiger partial charge in [0.15, 0.2) is 0 Å². The van der Waals surface area contributed by atoms with Crippen LogP contribution in [0, 0.1) is 0 Å². The smallest absolute Gasteiger partial charge is 0.337 e. The molecule has 3 N–H and O–H groups in total. The number of anilines is 2. The van der Waals surface area contributed by atoms with E-state index in [0.29, 0.717) is 17.0 Å². The molecule has 2 amide bonds. The summed E-state index contributed by atoms with van der Waals surface area (Å²) in [6.07, 6.45) is 0.151. The highest BCUT2D eigenvalue weighted by Gasteiger charge is 2.13. The lowest BCUT2D eigenvalue weighted by molar-refractivity contribution is -0.115. The minimum absolute atomic E-state index is 0.00562. The van der Waals surface area contributed by atoms with E-state index in [1.54, 1.807) is 49.6 Å². The van der Waals surface area contributed by atoms with Gasteiger partial charge in [-0.25, -0.2) is 4.79 Å². The van der Waals surface area contributed by atoms with Crippen LogP contribution in [-0.2, 0) is 11.2 Å². The number of carboxylic acids is 1. The fourth-order valence-corrected chi connectivity index (χ4v) is 2.91. The number of carbonyl (C=O) groups is 3. The molecule has 0 aromatic heterocycles. The van der Waals surface area contributed by atoms with Crippen molar-refractivity contribution in [3.05, 3.63) is 89.5 Å². The molecule has 0 aliphatic heterocycles. The summed E-state index contributed by atoms with van der Waals surface area (Å²) in [6.45, 7) is 0. The monoisotopic (exact) mass is 404 g/mol. The van der Waals surface area contributed by atoms with E-state index in [0.717, 1.165) is 5.56 Å². The van der Waals surface area contributed by atoms with Crippen molar-refractivity contribution in [2.75, 3.05) is 17.7 Å². The van der Waals surface area contributed by atoms with E-state index in [-0.39, 0.29) is 23.6 Å². The Morgan fingerprint density at radius 2 is 1.53 bits per heavy atom. The zero-order valence-corrected chi connectivity index (χ0v) is 16.2. The number of hydrogen-bond donors (Lipinski definition) is 3. The minimum Gasteiger partial charge on any atom is -0.496 e. The van der Waals surface area contributed by atoms with Crippen LogP contribution in [0.1, 0.15) is 26.3 Å². The van der Waals surface area contributed by atoms with Crippen LogP contribution in [0.5, 0.6) is 5.75 Å². The van der Waals surface area contributed by atoms with Crippen molar-refractivity contribution in [1.29, 1.82) is 0 Å². The van der Waals surface area contributed by atoms with E-state index in [4.69, 9.17) is 4.74 Å². The van der Waals surface area contributed by atoms with Gasteiger partial charge in [-0.05, 0) is 42.5 Å². The van der Waals surface area contributed by atoms with Crippen LogP contribution in [-0.4, -0.2) is 30.0 Å². The topological polar surface area (TPSA) is 105 Å². The Kier molecular flexibility index (Phi) is 6.44. The molecule has 152 valence electrons. The Morgan fingerprint density at radius 3 is 2.23 bits per heavy atom. The van der Waals surface area contributed by atoms with Gasteiger partial charge < -0.3 is 20.5 Å². The number of benzene rings is 3. The summed E-state index contributed by atoms with van der Waals surface area (Å²) in [4.78, 5) is 36.0. The maximum atomic E-state index is 12.4. The first-order chi connectivity index (χ1) is 14.5. The summed E-state index contributed by atoms with van der Waals surface area (Å²) in [6, 6.07) is 19.8. The van der Waals surface area contributed by atoms with Gasteiger partial charge >= 0.3 is 5.97 Å². The molecule has 0 saturated heterocycles. The number of methoxy groups -OCH3 is 1. The van der Waals surface area contributed by atoms with Crippen LogP contribution < -0.4 is 15.4 Å². The Balaban J connectivity index is 1.64. The molecule has 3 aromatic carbocycles. The van der Waals surface area contributed by atoms with Crippen molar-refractivity contribution in [3.63, 3.8) is 0 Å². The highest BCUT2D eigenvalue weighted by molar-refractivity contribution is 6.08. The van der Waals surface area contributed by atoms with Gasteiger partial charge in [0.1, 0.15) is 5.75 Å². The zero-order valence-electron chi connectivity index (χ0n) is 16.2. The van der Waals surface area contributed by atoms with Gasteiger partial charge in [-0.15, -0.1) is 0 Å². The van der Waals surface area contributed by atoms with Crippen molar-refractivity contribution in [1.82, 2.24) is 0 Å². The molecule has 0 unspecified atom stereocenters. The van der Waals surface area contributed by atoms with E-state index in [9.17, 15) is 19.5 Å². The molecular weight excluding hydrogens is 384 g/mol. The number of nitrogens with one attached hydrogen (secondary N) is 2. The third-order valence-electron chi connectivity index (χ3n) is 4.38. The first-order valence-corrected chi connectivity index (χ1v) is 9.13. The number of aromatic carboxylic acids is 1. The highest BCUT2D eigenvalue weighted by Crippen LogP contribution is 2.19. The Bertz CT molecular complexity index is 1080. The molecule has 0 radical (unpaired) electrons. The number of amides is 2. The number of rotatable bonds is 7. The van der Waals surface area contributed by atoms with Gasteiger partial charge in [-0.3, -0.25) is 9.59 Å². The molecule has 7 nitrogen and oxygen atoms in total. The number of hydrogen-bond acceptors (Lipinski definition) is 4. The molecule has 0 saturated carbocycles. The number of para-hydroxylation sites is 2. The fraction of sp³-hybridized carbons (Fsp3) is 0.0870. The Hall–Kier alpha value is -4.13. The zero-order chi connectivity index (χ0) is 21.5. The quantitative estimate of drug-likeness (QED) is 0.555.